The third-order valence-corrected chi connectivity index (χ3v) is 4.42. The Morgan fingerprint density at radius 3 is 2.47 bits per heavy atom. The van der Waals surface area contributed by atoms with E-state index in [-0.39, 0.29) is 5.91 Å². The maximum Gasteiger partial charge on any atom is 0.239 e. The van der Waals surface area contributed by atoms with Crippen LogP contribution in [0.5, 0.6) is 0 Å². The second-order valence-corrected chi connectivity index (χ2v) is 5.69. The van der Waals surface area contributed by atoms with Crippen molar-refractivity contribution in [1.29, 1.82) is 0 Å². The van der Waals surface area contributed by atoms with Crippen LogP contribution in [0.1, 0.15) is 32.1 Å². The minimum atomic E-state index is -0.405. The summed E-state index contributed by atoms with van der Waals surface area (Å²) in [6.07, 6.45) is 6.01. The van der Waals surface area contributed by atoms with Gasteiger partial charge in [0.05, 0.1) is 6.04 Å². The third kappa shape index (κ3) is 3.91. The average molecular weight is 269 g/mol. The van der Waals surface area contributed by atoms with Gasteiger partial charge in [0.25, 0.3) is 0 Å². The summed E-state index contributed by atoms with van der Waals surface area (Å²) in [6, 6.07) is 0.359. The van der Waals surface area contributed by atoms with Crippen molar-refractivity contribution in [2.45, 2.75) is 44.2 Å². The number of nitrogens with zero attached hydrogens (tertiary/aromatic N) is 2. The van der Waals surface area contributed by atoms with Crippen LogP contribution in [0.3, 0.4) is 0 Å². The molecule has 1 amide bonds. The SMILES string of the molecule is COCCC(N)C(=O)N1CCN(C2CCCC2)CC1. The fourth-order valence-electron chi connectivity index (χ4n) is 3.18. The molecule has 2 fully saturated rings. The Bertz CT molecular complexity index is 284. The van der Waals surface area contributed by atoms with Crippen molar-refractivity contribution >= 4 is 5.91 Å². The lowest BCUT2D eigenvalue weighted by atomic mass is 10.1. The molecule has 1 aliphatic carbocycles. The summed E-state index contributed by atoms with van der Waals surface area (Å²) in [5.74, 6) is 0.0862. The Kier molecular flexibility index (Phi) is 5.60. The highest BCUT2D eigenvalue weighted by molar-refractivity contribution is 5.81. The van der Waals surface area contributed by atoms with E-state index in [1.807, 2.05) is 4.90 Å². The molecule has 0 aromatic rings. The van der Waals surface area contributed by atoms with E-state index in [9.17, 15) is 4.79 Å². The van der Waals surface area contributed by atoms with Crippen LogP contribution in [0.4, 0.5) is 0 Å². The molecule has 2 aliphatic rings. The molecule has 1 atom stereocenters. The smallest absolute Gasteiger partial charge is 0.239 e. The van der Waals surface area contributed by atoms with Gasteiger partial charge in [0.15, 0.2) is 0 Å². The maximum atomic E-state index is 12.2. The molecule has 1 unspecified atom stereocenters. The molecule has 0 aromatic carbocycles. The molecule has 0 aromatic heterocycles. The van der Waals surface area contributed by atoms with Crippen molar-refractivity contribution < 1.29 is 9.53 Å². The van der Waals surface area contributed by atoms with Gasteiger partial charge in [-0.25, -0.2) is 0 Å². The number of methoxy groups -OCH3 is 1. The molecule has 0 bridgehead atoms. The molecule has 2 rings (SSSR count). The van der Waals surface area contributed by atoms with Gasteiger partial charge in [-0.3, -0.25) is 9.69 Å². The molecule has 0 radical (unpaired) electrons. The Morgan fingerprint density at radius 2 is 1.89 bits per heavy atom. The van der Waals surface area contributed by atoms with Crippen molar-refractivity contribution in [2.75, 3.05) is 39.9 Å². The number of ether oxygens (including phenoxy) is 1. The fraction of sp³-hybridized carbons (Fsp3) is 0.929. The Balaban J connectivity index is 1.74. The minimum absolute atomic E-state index is 0.0862. The average Bonchev–Trinajstić information content (AvgIpc) is 2.98. The van der Waals surface area contributed by atoms with E-state index in [4.69, 9.17) is 10.5 Å². The minimum Gasteiger partial charge on any atom is -0.385 e. The van der Waals surface area contributed by atoms with Crippen LogP contribution >= 0.6 is 0 Å². The van der Waals surface area contributed by atoms with Gasteiger partial charge in [0.1, 0.15) is 0 Å². The summed E-state index contributed by atoms with van der Waals surface area (Å²) in [4.78, 5) is 16.6. The van der Waals surface area contributed by atoms with E-state index in [0.29, 0.717) is 13.0 Å². The molecule has 5 heteroatoms. The van der Waals surface area contributed by atoms with E-state index in [1.165, 1.54) is 25.7 Å². The zero-order valence-electron chi connectivity index (χ0n) is 12.0. The Hall–Kier alpha value is -0.650. The van der Waals surface area contributed by atoms with Crippen molar-refractivity contribution in [3.63, 3.8) is 0 Å². The molecule has 5 nitrogen and oxygen atoms in total. The second-order valence-electron chi connectivity index (χ2n) is 5.69. The van der Waals surface area contributed by atoms with Gasteiger partial charge in [-0.15, -0.1) is 0 Å². The quantitative estimate of drug-likeness (QED) is 0.786. The highest BCUT2D eigenvalue weighted by atomic mass is 16.5. The standard InChI is InChI=1S/C14H27N3O2/c1-19-11-6-13(15)14(18)17-9-7-16(8-10-17)12-4-2-3-5-12/h12-13H,2-11,15H2,1H3. The molecule has 1 heterocycles. The summed E-state index contributed by atoms with van der Waals surface area (Å²) < 4.78 is 4.98. The fourth-order valence-corrected chi connectivity index (χ4v) is 3.18. The van der Waals surface area contributed by atoms with Crippen molar-refractivity contribution in [2.24, 2.45) is 5.73 Å². The highest BCUT2D eigenvalue weighted by Crippen LogP contribution is 2.24. The van der Waals surface area contributed by atoms with E-state index >= 15 is 0 Å². The Morgan fingerprint density at radius 1 is 1.26 bits per heavy atom. The van der Waals surface area contributed by atoms with Crippen LogP contribution in [0.15, 0.2) is 0 Å². The summed E-state index contributed by atoms with van der Waals surface area (Å²) in [6.45, 7) is 4.22. The monoisotopic (exact) mass is 269 g/mol. The first-order valence-corrected chi connectivity index (χ1v) is 7.49. The van der Waals surface area contributed by atoms with Gasteiger partial charge in [-0.05, 0) is 19.3 Å². The van der Waals surface area contributed by atoms with E-state index in [1.54, 1.807) is 7.11 Å². The lowest BCUT2D eigenvalue weighted by Crippen LogP contribution is -2.55. The highest BCUT2D eigenvalue weighted by Gasteiger charge is 2.29. The number of nitrogens with two attached hydrogens (primary N) is 1. The number of rotatable bonds is 5. The molecule has 1 saturated carbocycles. The molecular weight excluding hydrogens is 242 g/mol. The lowest BCUT2D eigenvalue weighted by molar-refractivity contribution is -0.135. The first-order valence-electron chi connectivity index (χ1n) is 7.49. The van der Waals surface area contributed by atoms with Crippen LogP contribution in [0, 0.1) is 0 Å². The lowest BCUT2D eigenvalue weighted by Gasteiger charge is -2.38. The first kappa shape index (κ1) is 14.8. The zero-order chi connectivity index (χ0) is 13.7. The van der Waals surface area contributed by atoms with Gasteiger partial charge < -0.3 is 15.4 Å². The normalized spacial score (nSPS) is 23.8. The topological polar surface area (TPSA) is 58.8 Å². The number of amides is 1. The van der Waals surface area contributed by atoms with Gasteiger partial charge in [0, 0.05) is 45.9 Å². The van der Waals surface area contributed by atoms with E-state index in [0.717, 1.165) is 32.2 Å². The largest absolute Gasteiger partial charge is 0.385 e. The molecule has 110 valence electrons. The Labute approximate surface area is 116 Å². The van der Waals surface area contributed by atoms with E-state index < -0.39 is 6.04 Å². The van der Waals surface area contributed by atoms with Crippen LogP contribution in [-0.2, 0) is 9.53 Å². The predicted octanol–water partition coefficient (Wildman–Crippen LogP) is 0.437. The van der Waals surface area contributed by atoms with Crippen molar-refractivity contribution in [3.8, 4) is 0 Å². The van der Waals surface area contributed by atoms with Crippen LogP contribution in [-0.4, -0.2) is 67.7 Å². The molecule has 1 aliphatic heterocycles. The van der Waals surface area contributed by atoms with Crippen molar-refractivity contribution in [3.05, 3.63) is 0 Å². The number of hydrogen-bond acceptors (Lipinski definition) is 4. The second kappa shape index (κ2) is 7.22. The summed E-state index contributed by atoms with van der Waals surface area (Å²) in [5.41, 5.74) is 5.91. The zero-order valence-corrected chi connectivity index (χ0v) is 12.0. The number of piperazine rings is 1. The first-order chi connectivity index (χ1) is 9.22. The van der Waals surface area contributed by atoms with Gasteiger partial charge in [-0.2, -0.15) is 0 Å². The maximum absolute atomic E-state index is 12.2. The van der Waals surface area contributed by atoms with Crippen LogP contribution in [0.25, 0.3) is 0 Å². The van der Waals surface area contributed by atoms with Gasteiger partial charge in [0.2, 0.25) is 5.91 Å². The van der Waals surface area contributed by atoms with Gasteiger partial charge in [-0.1, -0.05) is 12.8 Å². The number of hydrogen-bond donors (Lipinski definition) is 1. The molecule has 0 spiro atoms. The predicted molar refractivity (Wildman–Crippen MR) is 74.9 cm³/mol. The third-order valence-electron chi connectivity index (χ3n) is 4.42. The van der Waals surface area contributed by atoms with Crippen molar-refractivity contribution in [1.82, 2.24) is 9.80 Å². The van der Waals surface area contributed by atoms with Crippen LogP contribution < -0.4 is 5.73 Å². The molecule has 19 heavy (non-hydrogen) atoms. The number of carbonyl (C=O) groups is 1. The summed E-state index contributed by atoms with van der Waals surface area (Å²) in [7, 11) is 1.64. The molecule has 1 saturated heterocycles. The van der Waals surface area contributed by atoms with Crippen LogP contribution in [0.2, 0.25) is 0 Å². The summed E-state index contributed by atoms with van der Waals surface area (Å²) in [5, 5.41) is 0. The number of carbonyl (C=O) groups excluding carboxylic acids is 1. The molecule has 2 N–H and O–H groups in total. The van der Waals surface area contributed by atoms with E-state index in [2.05, 4.69) is 4.90 Å². The summed E-state index contributed by atoms with van der Waals surface area (Å²) >= 11 is 0. The molecular formula is C14H27N3O2. The van der Waals surface area contributed by atoms with Gasteiger partial charge >= 0.3 is 0 Å².